The molecular weight excluding hydrogens is 428 g/mol. The number of benzene rings is 3. The van der Waals surface area contributed by atoms with E-state index in [1.54, 1.807) is 6.08 Å². The lowest BCUT2D eigenvalue weighted by Crippen LogP contribution is -1.97. The SMILES string of the molecule is C=Cc1ccc(OCCCCCCCCCCc2ccc(/C=C/C(=O)c3ccccc3)cc2)cc1. The van der Waals surface area contributed by atoms with E-state index in [1.807, 2.05) is 66.7 Å². The largest absolute Gasteiger partial charge is 0.494 e. The lowest BCUT2D eigenvalue weighted by atomic mass is 10.0. The van der Waals surface area contributed by atoms with Gasteiger partial charge in [-0.05, 0) is 54.2 Å². The summed E-state index contributed by atoms with van der Waals surface area (Å²) in [5, 5.41) is 0. The van der Waals surface area contributed by atoms with Gasteiger partial charge in [-0.2, -0.15) is 0 Å². The Balaban J connectivity index is 1.18. The number of aryl methyl sites for hydroxylation is 1. The van der Waals surface area contributed by atoms with E-state index < -0.39 is 0 Å². The van der Waals surface area contributed by atoms with Crippen LogP contribution in [-0.2, 0) is 6.42 Å². The van der Waals surface area contributed by atoms with Gasteiger partial charge in [-0.15, -0.1) is 0 Å². The molecule has 0 spiro atoms. The van der Waals surface area contributed by atoms with Crippen LogP contribution >= 0.6 is 0 Å². The highest BCUT2D eigenvalue weighted by Crippen LogP contribution is 2.15. The molecule has 3 aromatic carbocycles. The minimum Gasteiger partial charge on any atom is -0.494 e. The molecule has 0 fully saturated rings. The van der Waals surface area contributed by atoms with E-state index in [0.717, 1.165) is 41.9 Å². The summed E-state index contributed by atoms with van der Waals surface area (Å²) in [4.78, 5) is 12.2. The van der Waals surface area contributed by atoms with E-state index >= 15 is 0 Å². The Hall–Kier alpha value is -3.39. The summed E-state index contributed by atoms with van der Waals surface area (Å²) >= 11 is 0. The number of ketones is 1. The summed E-state index contributed by atoms with van der Waals surface area (Å²) in [6.45, 7) is 4.57. The zero-order valence-electron chi connectivity index (χ0n) is 20.8. The Labute approximate surface area is 211 Å². The van der Waals surface area contributed by atoms with Crippen molar-refractivity contribution in [1.82, 2.24) is 0 Å². The van der Waals surface area contributed by atoms with Gasteiger partial charge >= 0.3 is 0 Å². The van der Waals surface area contributed by atoms with Crippen LogP contribution < -0.4 is 4.74 Å². The first kappa shape index (κ1) is 26.2. The maximum absolute atomic E-state index is 12.2. The molecule has 35 heavy (non-hydrogen) atoms. The first-order valence-corrected chi connectivity index (χ1v) is 13.0. The van der Waals surface area contributed by atoms with E-state index in [0.29, 0.717) is 0 Å². The Kier molecular flexibility index (Phi) is 11.6. The number of ether oxygens (including phenoxy) is 1. The number of unbranched alkanes of at least 4 members (excludes halogenated alkanes) is 7. The summed E-state index contributed by atoms with van der Waals surface area (Å²) in [7, 11) is 0. The normalized spacial score (nSPS) is 11.0. The van der Waals surface area contributed by atoms with Gasteiger partial charge in [0.05, 0.1) is 6.61 Å². The summed E-state index contributed by atoms with van der Waals surface area (Å²) < 4.78 is 5.80. The van der Waals surface area contributed by atoms with Crippen molar-refractivity contribution >= 4 is 17.9 Å². The van der Waals surface area contributed by atoms with Gasteiger partial charge in [0, 0.05) is 5.56 Å². The molecule has 0 unspecified atom stereocenters. The Bertz CT molecular complexity index is 1030. The minimum atomic E-state index is 0.0396. The van der Waals surface area contributed by atoms with E-state index in [4.69, 9.17) is 4.74 Å². The standard InChI is InChI=1S/C33H38O2/c1-2-28-21-24-32(25-22-28)35-27-13-8-6-4-3-5-7-10-14-29-17-19-30(20-18-29)23-26-33(34)31-15-11-9-12-16-31/h2,9,11-12,15-26H,1,3-8,10,13-14,27H2/b26-23+. The highest BCUT2D eigenvalue weighted by atomic mass is 16.5. The van der Waals surface area contributed by atoms with Crippen LogP contribution in [0.15, 0.2) is 91.5 Å². The Morgan fingerprint density at radius 3 is 1.94 bits per heavy atom. The van der Waals surface area contributed by atoms with Gasteiger partial charge in [0.1, 0.15) is 5.75 Å². The predicted molar refractivity (Wildman–Crippen MR) is 149 cm³/mol. The Morgan fingerprint density at radius 1 is 0.686 bits per heavy atom. The van der Waals surface area contributed by atoms with Crippen molar-refractivity contribution in [2.75, 3.05) is 6.61 Å². The molecule has 0 aromatic heterocycles. The van der Waals surface area contributed by atoms with Crippen LogP contribution in [-0.4, -0.2) is 12.4 Å². The van der Waals surface area contributed by atoms with Gasteiger partial charge in [-0.3, -0.25) is 4.79 Å². The Morgan fingerprint density at radius 2 is 1.29 bits per heavy atom. The molecular formula is C33H38O2. The summed E-state index contributed by atoms with van der Waals surface area (Å²) in [5.74, 6) is 0.984. The molecule has 0 N–H and O–H groups in total. The molecule has 182 valence electrons. The molecule has 0 atom stereocenters. The third-order valence-corrected chi connectivity index (χ3v) is 6.21. The fourth-order valence-corrected chi connectivity index (χ4v) is 4.05. The van der Waals surface area contributed by atoms with Crippen LogP contribution in [0.3, 0.4) is 0 Å². The quantitative estimate of drug-likeness (QED) is 0.120. The highest BCUT2D eigenvalue weighted by Gasteiger charge is 2.00. The second kappa shape index (κ2) is 15.5. The molecule has 0 radical (unpaired) electrons. The number of hydrogen-bond acceptors (Lipinski definition) is 2. The summed E-state index contributed by atoms with van der Waals surface area (Å²) in [6, 6.07) is 26.0. The lowest BCUT2D eigenvalue weighted by Gasteiger charge is -2.06. The molecule has 0 saturated carbocycles. The lowest BCUT2D eigenvalue weighted by molar-refractivity contribution is 0.104. The van der Waals surface area contributed by atoms with Gasteiger partial charge < -0.3 is 4.74 Å². The molecule has 3 aromatic rings. The van der Waals surface area contributed by atoms with Crippen LogP contribution in [0.25, 0.3) is 12.2 Å². The number of hydrogen-bond donors (Lipinski definition) is 0. The van der Waals surface area contributed by atoms with Crippen LogP contribution in [0.2, 0.25) is 0 Å². The van der Waals surface area contributed by atoms with Crippen molar-refractivity contribution in [2.45, 2.75) is 57.8 Å². The summed E-state index contributed by atoms with van der Waals surface area (Å²) in [5.41, 5.74) is 4.28. The first-order valence-electron chi connectivity index (χ1n) is 13.0. The fourth-order valence-electron chi connectivity index (χ4n) is 4.05. The third-order valence-electron chi connectivity index (χ3n) is 6.21. The molecule has 0 aliphatic rings. The van der Waals surface area contributed by atoms with Crippen molar-refractivity contribution in [3.05, 3.63) is 114 Å². The average Bonchev–Trinajstić information content (AvgIpc) is 2.92. The number of carbonyl (C=O) groups is 1. The molecule has 0 saturated heterocycles. The van der Waals surface area contributed by atoms with Crippen LogP contribution in [0.5, 0.6) is 5.75 Å². The van der Waals surface area contributed by atoms with Gasteiger partial charge in [0.15, 0.2) is 5.78 Å². The van der Waals surface area contributed by atoms with Crippen molar-refractivity contribution in [1.29, 1.82) is 0 Å². The van der Waals surface area contributed by atoms with Gasteiger partial charge in [0.2, 0.25) is 0 Å². The molecule has 2 heteroatoms. The van der Waals surface area contributed by atoms with E-state index in [9.17, 15) is 4.79 Å². The van der Waals surface area contributed by atoms with Gasteiger partial charge in [-0.1, -0.05) is 124 Å². The van der Waals surface area contributed by atoms with Crippen molar-refractivity contribution < 1.29 is 9.53 Å². The number of rotatable bonds is 16. The average molecular weight is 467 g/mol. The number of allylic oxidation sites excluding steroid dienone is 1. The predicted octanol–water partition coefficient (Wildman–Crippen LogP) is 8.97. The van der Waals surface area contributed by atoms with Gasteiger partial charge in [0.25, 0.3) is 0 Å². The molecule has 2 nitrogen and oxygen atoms in total. The van der Waals surface area contributed by atoms with Crippen LogP contribution in [0.4, 0.5) is 0 Å². The van der Waals surface area contributed by atoms with E-state index in [1.165, 1.54) is 50.5 Å². The molecule has 0 bridgehead atoms. The minimum absolute atomic E-state index is 0.0396. The maximum Gasteiger partial charge on any atom is 0.185 e. The monoisotopic (exact) mass is 466 g/mol. The van der Waals surface area contributed by atoms with Crippen LogP contribution in [0, 0.1) is 0 Å². The second-order valence-electron chi connectivity index (χ2n) is 9.01. The molecule has 0 aliphatic heterocycles. The highest BCUT2D eigenvalue weighted by molar-refractivity contribution is 6.06. The van der Waals surface area contributed by atoms with Crippen molar-refractivity contribution in [3.63, 3.8) is 0 Å². The van der Waals surface area contributed by atoms with Crippen molar-refractivity contribution in [3.8, 4) is 5.75 Å². The van der Waals surface area contributed by atoms with E-state index in [-0.39, 0.29) is 5.78 Å². The topological polar surface area (TPSA) is 26.3 Å². The number of carbonyl (C=O) groups excluding carboxylic acids is 1. The van der Waals surface area contributed by atoms with Crippen molar-refractivity contribution in [2.24, 2.45) is 0 Å². The second-order valence-corrected chi connectivity index (χ2v) is 9.01. The molecule has 0 aliphatic carbocycles. The third kappa shape index (κ3) is 10.2. The van der Waals surface area contributed by atoms with Gasteiger partial charge in [-0.25, -0.2) is 0 Å². The molecule has 0 amide bonds. The molecule has 3 rings (SSSR count). The summed E-state index contributed by atoms with van der Waals surface area (Å²) in [6.07, 6.45) is 16.6. The smallest absolute Gasteiger partial charge is 0.185 e. The first-order chi connectivity index (χ1) is 17.2. The van der Waals surface area contributed by atoms with Crippen LogP contribution in [0.1, 0.15) is 78.4 Å². The molecule has 0 heterocycles. The maximum atomic E-state index is 12.2. The fraction of sp³-hybridized carbons (Fsp3) is 0.303. The van der Waals surface area contributed by atoms with E-state index in [2.05, 4.69) is 30.8 Å². The zero-order chi connectivity index (χ0) is 24.6. The zero-order valence-corrected chi connectivity index (χ0v) is 20.8.